The van der Waals surface area contributed by atoms with Crippen molar-refractivity contribution in [3.63, 3.8) is 0 Å². The van der Waals surface area contributed by atoms with Crippen molar-refractivity contribution in [1.29, 1.82) is 0 Å². The third-order valence-corrected chi connectivity index (χ3v) is 3.80. The second kappa shape index (κ2) is 6.56. The first kappa shape index (κ1) is 17.0. The number of ether oxygens (including phenoxy) is 2. The third kappa shape index (κ3) is 3.80. The van der Waals surface area contributed by atoms with E-state index in [-0.39, 0.29) is 5.88 Å². The molecular formula is C17H20N4O4. The maximum absolute atomic E-state index is 12.1. The van der Waals surface area contributed by atoms with Gasteiger partial charge in [0.2, 0.25) is 0 Å². The Balaban J connectivity index is 1.74. The smallest absolute Gasteiger partial charge is 0.418 e. The number of carbonyl (C=O) groups excluding carboxylic acids is 1. The largest absolute Gasteiger partial charge is 0.442 e. The molecule has 1 atom stereocenters. The number of nitrogens with two attached hydrogens (primary N) is 1. The molecular weight excluding hydrogens is 324 g/mol. The van der Waals surface area contributed by atoms with Gasteiger partial charge in [0, 0.05) is 12.6 Å². The van der Waals surface area contributed by atoms with Gasteiger partial charge in [0.25, 0.3) is 5.88 Å². The van der Waals surface area contributed by atoms with Crippen LogP contribution >= 0.6 is 0 Å². The topological polar surface area (TPSA) is 112 Å². The molecule has 0 saturated carbocycles. The Morgan fingerprint density at radius 1 is 1.40 bits per heavy atom. The minimum atomic E-state index is -0.651. The minimum Gasteiger partial charge on any atom is -0.442 e. The fourth-order valence-electron chi connectivity index (χ4n) is 2.65. The predicted molar refractivity (Wildman–Crippen MR) is 91.9 cm³/mol. The molecule has 1 aromatic carbocycles. The predicted octanol–water partition coefficient (Wildman–Crippen LogP) is 2.50. The highest BCUT2D eigenvalue weighted by Gasteiger charge is 2.30. The molecule has 25 heavy (non-hydrogen) atoms. The number of benzene rings is 1. The summed E-state index contributed by atoms with van der Waals surface area (Å²) in [4.78, 5) is 20.6. The lowest BCUT2D eigenvalue weighted by molar-refractivity contribution is 0.106. The summed E-state index contributed by atoms with van der Waals surface area (Å²) < 4.78 is 15.9. The molecule has 1 aliphatic rings. The number of nitrogens with zero attached hydrogens (tertiary/aromatic N) is 2. The van der Waals surface area contributed by atoms with Crippen LogP contribution in [-0.2, 0) is 10.3 Å². The van der Waals surface area contributed by atoms with Crippen molar-refractivity contribution >= 4 is 17.6 Å². The molecule has 3 rings (SSSR count). The Labute approximate surface area is 145 Å². The number of hydrogen-bond acceptors (Lipinski definition) is 7. The summed E-state index contributed by atoms with van der Waals surface area (Å²) in [5.41, 5.74) is 6.64. The molecule has 1 aliphatic heterocycles. The van der Waals surface area contributed by atoms with E-state index in [1.807, 2.05) is 25.1 Å². The van der Waals surface area contributed by atoms with Gasteiger partial charge in [0.05, 0.1) is 6.61 Å². The Kier molecular flexibility index (Phi) is 4.45. The van der Waals surface area contributed by atoms with Crippen LogP contribution in [0.15, 0.2) is 33.7 Å². The molecule has 1 amide bonds. The van der Waals surface area contributed by atoms with Gasteiger partial charge in [-0.05, 0) is 31.5 Å². The van der Waals surface area contributed by atoms with Crippen LogP contribution in [0.1, 0.15) is 24.1 Å². The number of aromatic nitrogens is 1. The Hall–Kier alpha value is -2.87. The zero-order chi connectivity index (χ0) is 18.0. The van der Waals surface area contributed by atoms with Gasteiger partial charge in [0.15, 0.2) is 11.7 Å². The summed E-state index contributed by atoms with van der Waals surface area (Å²) in [6, 6.07) is 7.30. The van der Waals surface area contributed by atoms with E-state index in [0.717, 1.165) is 5.56 Å². The van der Waals surface area contributed by atoms with E-state index in [1.54, 1.807) is 19.9 Å². The van der Waals surface area contributed by atoms with Gasteiger partial charge in [0.1, 0.15) is 18.0 Å². The second-order valence-corrected chi connectivity index (χ2v) is 6.06. The molecule has 2 aromatic rings. The zero-order valence-electron chi connectivity index (χ0n) is 14.3. The Morgan fingerprint density at radius 2 is 2.20 bits per heavy atom. The number of amidine groups is 1. The van der Waals surface area contributed by atoms with E-state index < -0.39 is 11.6 Å². The Morgan fingerprint density at radius 3 is 2.88 bits per heavy atom. The van der Waals surface area contributed by atoms with Gasteiger partial charge < -0.3 is 19.6 Å². The average Bonchev–Trinajstić information content (AvgIpc) is 2.84. The molecule has 3 N–H and O–H groups in total. The van der Waals surface area contributed by atoms with Crippen molar-refractivity contribution in [2.24, 2.45) is 10.7 Å². The number of oxazole rings is 1. The van der Waals surface area contributed by atoms with Crippen molar-refractivity contribution in [3.8, 4) is 5.88 Å². The number of rotatable bonds is 3. The second-order valence-electron chi connectivity index (χ2n) is 6.06. The Bertz CT molecular complexity index is 830. The number of aliphatic imine (C=N–C) groups is 1. The third-order valence-electron chi connectivity index (χ3n) is 3.80. The monoisotopic (exact) mass is 344 g/mol. The van der Waals surface area contributed by atoms with Crippen molar-refractivity contribution in [2.45, 2.75) is 26.3 Å². The van der Waals surface area contributed by atoms with Crippen LogP contribution in [0.3, 0.4) is 0 Å². The normalized spacial score (nSPS) is 20.0. The molecule has 8 heteroatoms. The SMILES string of the molecule is Cc1nc(OC(=O)Nc2cccc(C3(C)COCC(N)=N3)c2)c(C)o1. The quantitative estimate of drug-likeness (QED) is 0.885. The molecule has 0 aliphatic carbocycles. The summed E-state index contributed by atoms with van der Waals surface area (Å²) in [6.07, 6.45) is -0.651. The lowest BCUT2D eigenvalue weighted by atomic mass is 9.92. The highest BCUT2D eigenvalue weighted by molar-refractivity contribution is 5.86. The van der Waals surface area contributed by atoms with E-state index in [0.29, 0.717) is 36.4 Å². The van der Waals surface area contributed by atoms with E-state index in [4.69, 9.17) is 19.6 Å². The zero-order valence-corrected chi connectivity index (χ0v) is 14.3. The van der Waals surface area contributed by atoms with Gasteiger partial charge in [-0.2, -0.15) is 4.98 Å². The molecule has 1 unspecified atom stereocenters. The van der Waals surface area contributed by atoms with E-state index in [2.05, 4.69) is 15.3 Å². The summed E-state index contributed by atoms with van der Waals surface area (Å²) in [5.74, 6) is 1.47. The van der Waals surface area contributed by atoms with E-state index in [1.165, 1.54) is 0 Å². The van der Waals surface area contributed by atoms with Crippen LogP contribution in [0.4, 0.5) is 10.5 Å². The molecule has 132 valence electrons. The fraction of sp³-hybridized carbons (Fsp3) is 0.353. The molecule has 2 heterocycles. The lowest BCUT2D eigenvalue weighted by Crippen LogP contribution is -2.37. The van der Waals surface area contributed by atoms with Crippen LogP contribution in [0.2, 0.25) is 0 Å². The van der Waals surface area contributed by atoms with Crippen LogP contribution in [-0.4, -0.2) is 30.1 Å². The number of amides is 1. The lowest BCUT2D eigenvalue weighted by Gasteiger charge is -2.30. The molecule has 1 aromatic heterocycles. The van der Waals surface area contributed by atoms with Gasteiger partial charge in [-0.15, -0.1) is 0 Å². The van der Waals surface area contributed by atoms with Crippen molar-refractivity contribution in [2.75, 3.05) is 18.5 Å². The van der Waals surface area contributed by atoms with Crippen LogP contribution < -0.4 is 15.8 Å². The molecule has 8 nitrogen and oxygen atoms in total. The molecule has 0 fully saturated rings. The van der Waals surface area contributed by atoms with Crippen LogP contribution in [0.5, 0.6) is 5.88 Å². The van der Waals surface area contributed by atoms with Crippen LogP contribution in [0.25, 0.3) is 0 Å². The van der Waals surface area contributed by atoms with Gasteiger partial charge >= 0.3 is 6.09 Å². The fourth-order valence-corrected chi connectivity index (χ4v) is 2.65. The highest BCUT2D eigenvalue weighted by Crippen LogP contribution is 2.30. The summed E-state index contributed by atoms with van der Waals surface area (Å²) in [7, 11) is 0. The van der Waals surface area contributed by atoms with E-state index >= 15 is 0 Å². The van der Waals surface area contributed by atoms with Crippen molar-refractivity contribution < 1.29 is 18.7 Å². The maximum Gasteiger partial charge on any atom is 0.418 e. The van der Waals surface area contributed by atoms with Crippen molar-refractivity contribution in [1.82, 2.24) is 4.98 Å². The van der Waals surface area contributed by atoms with Gasteiger partial charge in [-0.1, -0.05) is 12.1 Å². The van der Waals surface area contributed by atoms with Crippen LogP contribution in [0, 0.1) is 13.8 Å². The first-order valence-corrected chi connectivity index (χ1v) is 7.81. The average molecular weight is 344 g/mol. The molecule has 0 spiro atoms. The number of carbonyl (C=O) groups is 1. The highest BCUT2D eigenvalue weighted by atomic mass is 16.6. The maximum atomic E-state index is 12.1. The minimum absolute atomic E-state index is 0.149. The van der Waals surface area contributed by atoms with Gasteiger partial charge in [-0.3, -0.25) is 10.3 Å². The number of hydrogen-bond donors (Lipinski definition) is 2. The van der Waals surface area contributed by atoms with Gasteiger partial charge in [-0.25, -0.2) is 4.79 Å². The standard InChI is InChI=1S/C17H20N4O4/c1-10-15(19-11(2)24-10)25-16(22)20-13-6-4-5-12(7-13)17(3)9-23-8-14(18)21-17/h4-7H,8-9H2,1-3H3,(H2,18,21)(H,20,22). The molecule has 0 bridgehead atoms. The number of anilines is 1. The summed E-state index contributed by atoms with van der Waals surface area (Å²) in [5, 5.41) is 2.67. The molecule has 0 saturated heterocycles. The summed E-state index contributed by atoms with van der Waals surface area (Å²) >= 11 is 0. The summed E-state index contributed by atoms with van der Waals surface area (Å²) in [6.45, 7) is 6.03. The van der Waals surface area contributed by atoms with E-state index in [9.17, 15) is 4.79 Å². The molecule has 0 radical (unpaired) electrons. The van der Waals surface area contributed by atoms with Crippen molar-refractivity contribution in [3.05, 3.63) is 41.5 Å². The number of nitrogens with one attached hydrogen (secondary N) is 1. The first-order chi connectivity index (χ1) is 11.9. The number of aryl methyl sites for hydroxylation is 2. The first-order valence-electron chi connectivity index (χ1n) is 7.81.